The summed E-state index contributed by atoms with van der Waals surface area (Å²) < 4.78 is 0. The molecule has 0 N–H and O–H groups in total. The van der Waals surface area contributed by atoms with Crippen LogP contribution in [-0.2, 0) is 10.8 Å². The molecule has 4 nitrogen and oxygen atoms in total. The molecular formula is C72H40N4. The molecule has 4 heteroatoms. The SMILES string of the molecule is [C-]#[N+]c1cccc(-c2nc(-c3cccc(C#N)c3)nc3c(-c4ccc5c(c4)C4(c6ccccc6-c6ccccc64)c4ccccc4-5)cc(-c4ccc5c(c4)C4(c6ccccc6-c6ccccc64)c4ccccc4-5)cc23)c1. The van der Waals surface area contributed by atoms with E-state index in [1.807, 2.05) is 48.5 Å². The van der Waals surface area contributed by atoms with Crippen molar-refractivity contribution in [3.8, 4) is 95.5 Å². The van der Waals surface area contributed by atoms with E-state index in [0.717, 1.165) is 44.3 Å². The summed E-state index contributed by atoms with van der Waals surface area (Å²) in [5.74, 6) is 0.501. The highest BCUT2D eigenvalue weighted by Crippen LogP contribution is 2.65. The van der Waals surface area contributed by atoms with Crippen LogP contribution in [0.4, 0.5) is 5.69 Å². The van der Waals surface area contributed by atoms with Crippen LogP contribution in [0.1, 0.15) is 50.1 Å². The van der Waals surface area contributed by atoms with Gasteiger partial charge >= 0.3 is 0 Å². The molecule has 0 saturated carbocycles. The van der Waals surface area contributed by atoms with Crippen LogP contribution in [0.3, 0.4) is 0 Å². The van der Waals surface area contributed by atoms with Crippen LogP contribution < -0.4 is 0 Å². The van der Waals surface area contributed by atoms with E-state index in [2.05, 4.69) is 205 Å². The summed E-state index contributed by atoms with van der Waals surface area (Å²) >= 11 is 0. The first-order valence-corrected chi connectivity index (χ1v) is 25.8. The van der Waals surface area contributed by atoms with Crippen molar-refractivity contribution in [2.75, 3.05) is 0 Å². The quantitative estimate of drug-likeness (QED) is 0.165. The van der Waals surface area contributed by atoms with Crippen molar-refractivity contribution < 1.29 is 0 Å². The number of hydrogen-bond donors (Lipinski definition) is 0. The molecule has 0 radical (unpaired) electrons. The molecule has 348 valence electrons. The zero-order valence-corrected chi connectivity index (χ0v) is 40.9. The van der Waals surface area contributed by atoms with Gasteiger partial charge in [0.05, 0.1) is 40.2 Å². The van der Waals surface area contributed by atoms with Crippen molar-refractivity contribution in [3.63, 3.8) is 0 Å². The Morgan fingerprint density at radius 2 is 0.789 bits per heavy atom. The molecule has 4 aliphatic rings. The fourth-order valence-electron chi connectivity index (χ4n) is 14.0. The van der Waals surface area contributed by atoms with Gasteiger partial charge in [-0.15, -0.1) is 0 Å². The Bertz CT molecular complexity index is 4510. The molecule has 16 rings (SSSR count). The highest BCUT2D eigenvalue weighted by Gasteiger charge is 2.53. The highest BCUT2D eigenvalue weighted by molar-refractivity contribution is 6.06. The Hall–Kier alpha value is -10.3. The maximum atomic E-state index is 10.1. The largest absolute Gasteiger partial charge is 0.238 e. The van der Waals surface area contributed by atoms with E-state index >= 15 is 0 Å². The number of benzene rings is 11. The standard InChI is InChI=1S/C72H40N4/c1-74-49-19-15-17-46(37-49)68-59-39-48(44-32-34-56-54-24-6-12-30-64(54)71(66(56)40-44)60-26-8-2-20-50(60)51-21-3-9-27-61(51)71)38-58(69(59)76-70(75-68)47-18-14-16-43(36-47)42-73)45-33-35-57-55-25-7-13-31-65(55)72(67(57)41-45)62-28-10-4-22-52(62)53-23-5-11-29-63(53)72/h2-41H. The lowest BCUT2D eigenvalue weighted by Crippen LogP contribution is -2.25. The number of rotatable bonds is 4. The summed E-state index contributed by atoms with van der Waals surface area (Å²) in [6, 6.07) is 89.9. The summed E-state index contributed by atoms with van der Waals surface area (Å²) in [7, 11) is 0. The van der Waals surface area contributed by atoms with Crippen LogP contribution in [0, 0.1) is 17.9 Å². The van der Waals surface area contributed by atoms with Crippen molar-refractivity contribution in [1.29, 1.82) is 5.26 Å². The zero-order chi connectivity index (χ0) is 50.3. The first-order valence-electron chi connectivity index (χ1n) is 25.8. The van der Waals surface area contributed by atoms with Crippen LogP contribution in [0.15, 0.2) is 243 Å². The summed E-state index contributed by atoms with van der Waals surface area (Å²) in [6.07, 6.45) is 0. The zero-order valence-electron chi connectivity index (χ0n) is 40.9. The van der Waals surface area contributed by atoms with Crippen molar-refractivity contribution in [1.82, 2.24) is 9.97 Å². The van der Waals surface area contributed by atoms with Crippen LogP contribution in [0.25, 0.3) is 105 Å². The molecule has 1 heterocycles. The Balaban J connectivity index is 1.01. The predicted octanol–water partition coefficient (Wildman–Crippen LogP) is 17.4. The van der Waals surface area contributed by atoms with E-state index in [1.165, 1.54) is 89.0 Å². The second kappa shape index (κ2) is 15.6. The lowest BCUT2D eigenvalue weighted by Gasteiger charge is -2.31. The van der Waals surface area contributed by atoms with E-state index in [4.69, 9.17) is 16.5 Å². The molecule has 12 aromatic rings. The summed E-state index contributed by atoms with van der Waals surface area (Å²) in [5.41, 5.74) is 27.3. The van der Waals surface area contributed by atoms with Crippen LogP contribution in [0.5, 0.6) is 0 Å². The van der Waals surface area contributed by atoms with E-state index in [-0.39, 0.29) is 0 Å². The number of nitriles is 1. The second-order valence-electron chi connectivity index (χ2n) is 20.5. The molecule has 0 bridgehead atoms. The van der Waals surface area contributed by atoms with Gasteiger partial charge in [-0.1, -0.05) is 200 Å². The third-order valence-electron chi connectivity index (χ3n) is 16.9. The molecule has 1 aromatic heterocycles. The third-order valence-corrected chi connectivity index (χ3v) is 16.9. The van der Waals surface area contributed by atoms with Crippen LogP contribution in [-0.4, -0.2) is 9.97 Å². The molecule has 76 heavy (non-hydrogen) atoms. The van der Waals surface area contributed by atoms with Crippen LogP contribution >= 0.6 is 0 Å². The van der Waals surface area contributed by atoms with Crippen LogP contribution in [0.2, 0.25) is 0 Å². The average molecular weight is 961 g/mol. The molecule has 0 unspecified atom stereocenters. The van der Waals surface area contributed by atoms with Gasteiger partial charge < -0.3 is 0 Å². The topological polar surface area (TPSA) is 53.9 Å². The Kier molecular flexibility index (Phi) is 8.69. The smallest absolute Gasteiger partial charge is 0.187 e. The van der Waals surface area contributed by atoms with Crippen molar-refractivity contribution in [2.24, 2.45) is 0 Å². The minimum atomic E-state index is -0.553. The number of aromatic nitrogens is 2. The fourth-order valence-corrected chi connectivity index (χ4v) is 14.0. The van der Waals surface area contributed by atoms with Gasteiger partial charge in [-0.2, -0.15) is 5.26 Å². The molecule has 0 atom stereocenters. The molecule has 4 aliphatic carbocycles. The van der Waals surface area contributed by atoms with Gasteiger partial charge in [-0.25, -0.2) is 14.8 Å². The number of hydrogen-bond acceptors (Lipinski definition) is 3. The summed E-state index contributed by atoms with van der Waals surface area (Å²) in [5, 5.41) is 11.0. The number of nitrogens with zero attached hydrogens (tertiary/aromatic N) is 4. The monoisotopic (exact) mass is 960 g/mol. The van der Waals surface area contributed by atoms with Gasteiger partial charge in [0.15, 0.2) is 11.5 Å². The predicted molar refractivity (Wildman–Crippen MR) is 305 cm³/mol. The molecule has 2 spiro atoms. The van der Waals surface area contributed by atoms with Crippen molar-refractivity contribution >= 4 is 16.6 Å². The Morgan fingerprint density at radius 1 is 0.342 bits per heavy atom. The maximum absolute atomic E-state index is 10.1. The van der Waals surface area contributed by atoms with E-state index < -0.39 is 10.8 Å². The molecule has 0 saturated heterocycles. The average Bonchev–Trinajstić information content (AvgIpc) is 4.27. The maximum Gasteiger partial charge on any atom is 0.187 e. The highest BCUT2D eigenvalue weighted by atomic mass is 14.9. The Labute approximate surface area is 440 Å². The normalized spacial score (nSPS) is 13.7. The first kappa shape index (κ1) is 42.3. The van der Waals surface area contributed by atoms with Gasteiger partial charge in [-0.05, 0) is 154 Å². The minimum Gasteiger partial charge on any atom is -0.238 e. The molecule has 0 amide bonds. The third kappa shape index (κ3) is 5.49. The van der Waals surface area contributed by atoms with E-state index in [9.17, 15) is 5.26 Å². The van der Waals surface area contributed by atoms with Gasteiger partial charge in [-0.3, -0.25) is 0 Å². The minimum absolute atomic E-state index is 0.501. The lowest BCUT2D eigenvalue weighted by atomic mass is 9.70. The molecule has 0 aliphatic heterocycles. The van der Waals surface area contributed by atoms with Crippen molar-refractivity contribution in [2.45, 2.75) is 10.8 Å². The Morgan fingerprint density at radius 3 is 1.29 bits per heavy atom. The lowest BCUT2D eigenvalue weighted by molar-refractivity contribution is 0.794. The molecule has 11 aromatic carbocycles. The van der Waals surface area contributed by atoms with E-state index in [1.54, 1.807) is 0 Å². The van der Waals surface area contributed by atoms with Crippen molar-refractivity contribution in [3.05, 3.63) is 304 Å². The van der Waals surface area contributed by atoms with Gasteiger partial charge in [0.2, 0.25) is 0 Å². The van der Waals surface area contributed by atoms with Gasteiger partial charge in [0, 0.05) is 16.5 Å². The van der Waals surface area contributed by atoms with Gasteiger partial charge in [0.25, 0.3) is 0 Å². The summed E-state index contributed by atoms with van der Waals surface area (Å²) in [6.45, 7) is 8.08. The summed E-state index contributed by atoms with van der Waals surface area (Å²) in [4.78, 5) is 14.9. The molecular weight excluding hydrogens is 921 g/mol. The number of fused-ring (bicyclic) bond motifs is 21. The second-order valence-corrected chi connectivity index (χ2v) is 20.5. The fraction of sp³-hybridized carbons (Fsp3) is 0.0278. The first-order chi connectivity index (χ1) is 37.6. The van der Waals surface area contributed by atoms with E-state index in [0.29, 0.717) is 22.8 Å². The van der Waals surface area contributed by atoms with Gasteiger partial charge in [0.1, 0.15) is 0 Å². The molecule has 0 fully saturated rings.